The van der Waals surface area contributed by atoms with Crippen LogP contribution in [0.15, 0.2) is 24.3 Å². The number of halogens is 1. The molecule has 1 aromatic carbocycles. The molecule has 0 aromatic heterocycles. The summed E-state index contributed by atoms with van der Waals surface area (Å²) in [5.74, 6) is -0.229. The predicted octanol–water partition coefficient (Wildman–Crippen LogP) is 2.27. The van der Waals surface area contributed by atoms with Gasteiger partial charge in [-0.25, -0.2) is 4.39 Å². The highest BCUT2D eigenvalue weighted by molar-refractivity contribution is 5.79. The van der Waals surface area contributed by atoms with Crippen molar-refractivity contribution in [1.29, 1.82) is 0 Å². The first-order valence-electron chi connectivity index (χ1n) is 6.89. The fourth-order valence-electron chi connectivity index (χ4n) is 2.35. The van der Waals surface area contributed by atoms with Crippen LogP contribution in [-0.2, 0) is 10.3 Å². The number of carbonyl (C=O) groups excluding carboxylic acids is 1. The second-order valence-corrected chi connectivity index (χ2v) is 5.10. The summed E-state index contributed by atoms with van der Waals surface area (Å²) in [6.07, 6.45) is 1.78. The highest BCUT2D eigenvalue weighted by Gasteiger charge is 2.45. The number of nitrogens with zero attached hydrogens (tertiary/aromatic N) is 1. The molecule has 1 aliphatic carbocycles. The first kappa shape index (κ1) is 14.0. The van der Waals surface area contributed by atoms with Crippen molar-refractivity contribution in [3.63, 3.8) is 0 Å². The first-order valence-corrected chi connectivity index (χ1v) is 6.89. The zero-order valence-electron chi connectivity index (χ0n) is 11.6. The van der Waals surface area contributed by atoms with Gasteiger partial charge in [0.1, 0.15) is 5.82 Å². The van der Waals surface area contributed by atoms with Crippen molar-refractivity contribution >= 4 is 5.91 Å². The Labute approximate surface area is 113 Å². The van der Waals surface area contributed by atoms with Crippen molar-refractivity contribution < 1.29 is 9.18 Å². The van der Waals surface area contributed by atoms with Gasteiger partial charge >= 0.3 is 0 Å². The van der Waals surface area contributed by atoms with E-state index in [1.54, 1.807) is 6.07 Å². The second kappa shape index (κ2) is 5.70. The zero-order valence-corrected chi connectivity index (χ0v) is 11.6. The molecule has 104 valence electrons. The molecule has 19 heavy (non-hydrogen) atoms. The Hall–Kier alpha value is -1.42. The minimum Gasteiger partial charge on any atom is -0.345 e. The average Bonchev–Trinajstić information content (AvgIpc) is 3.17. The Morgan fingerprint density at radius 2 is 2.05 bits per heavy atom. The molecule has 0 unspecified atom stereocenters. The van der Waals surface area contributed by atoms with Crippen LogP contribution in [0.5, 0.6) is 0 Å². The molecule has 1 N–H and O–H groups in total. The summed E-state index contributed by atoms with van der Waals surface area (Å²) in [5, 5.41) is 3.06. The molecule has 1 aliphatic rings. The van der Waals surface area contributed by atoms with Crippen LogP contribution < -0.4 is 5.32 Å². The van der Waals surface area contributed by atoms with Crippen molar-refractivity contribution in [2.75, 3.05) is 19.6 Å². The van der Waals surface area contributed by atoms with E-state index in [2.05, 4.69) is 10.2 Å². The lowest BCUT2D eigenvalue weighted by Gasteiger charge is -2.22. The number of likely N-dealkylation sites (N-methyl/N-ethyl adjacent to an activating group) is 1. The summed E-state index contributed by atoms with van der Waals surface area (Å²) in [5.41, 5.74) is 0.548. The SMILES string of the molecule is CCN(CC)CC(=O)NC1(c2cccc(F)c2)CC1. The van der Waals surface area contributed by atoms with E-state index in [4.69, 9.17) is 0 Å². The maximum absolute atomic E-state index is 13.3. The third-order valence-electron chi connectivity index (χ3n) is 3.77. The minimum atomic E-state index is -0.327. The summed E-state index contributed by atoms with van der Waals surface area (Å²) < 4.78 is 13.3. The Morgan fingerprint density at radius 1 is 1.37 bits per heavy atom. The van der Waals surface area contributed by atoms with E-state index < -0.39 is 0 Å². The molecule has 0 radical (unpaired) electrons. The van der Waals surface area contributed by atoms with Crippen LogP contribution in [0, 0.1) is 5.82 Å². The maximum atomic E-state index is 13.3. The fraction of sp³-hybridized carbons (Fsp3) is 0.533. The van der Waals surface area contributed by atoms with Gasteiger partial charge in [-0.1, -0.05) is 26.0 Å². The van der Waals surface area contributed by atoms with Crippen LogP contribution in [0.4, 0.5) is 4.39 Å². The van der Waals surface area contributed by atoms with E-state index in [0.29, 0.717) is 6.54 Å². The Balaban J connectivity index is 2.00. The van der Waals surface area contributed by atoms with Gasteiger partial charge in [-0.15, -0.1) is 0 Å². The van der Waals surface area contributed by atoms with Gasteiger partial charge < -0.3 is 5.32 Å². The number of carbonyl (C=O) groups is 1. The molecule has 0 saturated heterocycles. The van der Waals surface area contributed by atoms with Crippen molar-refractivity contribution in [1.82, 2.24) is 10.2 Å². The molecule has 1 amide bonds. The molecule has 4 heteroatoms. The summed E-state index contributed by atoms with van der Waals surface area (Å²) in [7, 11) is 0. The fourth-order valence-corrected chi connectivity index (χ4v) is 2.35. The van der Waals surface area contributed by atoms with Crippen LogP contribution in [0.25, 0.3) is 0 Å². The molecule has 1 aromatic rings. The van der Waals surface area contributed by atoms with Gasteiger partial charge in [-0.3, -0.25) is 9.69 Å². The monoisotopic (exact) mass is 264 g/mol. The number of nitrogens with one attached hydrogen (secondary N) is 1. The minimum absolute atomic E-state index is 0.0189. The molecular weight excluding hydrogens is 243 g/mol. The number of hydrogen-bond acceptors (Lipinski definition) is 2. The lowest BCUT2D eigenvalue weighted by atomic mass is 10.0. The normalized spacial score (nSPS) is 16.4. The number of amides is 1. The van der Waals surface area contributed by atoms with Gasteiger partial charge in [0, 0.05) is 0 Å². The molecule has 1 saturated carbocycles. The summed E-state index contributed by atoms with van der Waals surface area (Å²) in [4.78, 5) is 14.1. The van der Waals surface area contributed by atoms with Gasteiger partial charge in [-0.2, -0.15) is 0 Å². The topological polar surface area (TPSA) is 32.3 Å². The molecular formula is C15H21FN2O. The quantitative estimate of drug-likeness (QED) is 0.855. The van der Waals surface area contributed by atoms with Crippen molar-refractivity contribution in [3.8, 4) is 0 Å². The Kier molecular flexibility index (Phi) is 4.20. The van der Waals surface area contributed by atoms with Crippen LogP contribution in [-0.4, -0.2) is 30.4 Å². The van der Waals surface area contributed by atoms with Crippen molar-refractivity contribution in [3.05, 3.63) is 35.6 Å². The summed E-state index contributed by atoms with van der Waals surface area (Å²) in [6, 6.07) is 6.52. The largest absolute Gasteiger partial charge is 0.345 e. The molecule has 0 heterocycles. The lowest BCUT2D eigenvalue weighted by molar-refractivity contribution is -0.123. The summed E-state index contributed by atoms with van der Waals surface area (Å²) >= 11 is 0. The van der Waals surface area contributed by atoms with Crippen LogP contribution in [0.3, 0.4) is 0 Å². The highest BCUT2D eigenvalue weighted by atomic mass is 19.1. The van der Waals surface area contributed by atoms with Gasteiger partial charge in [0.25, 0.3) is 0 Å². The van der Waals surface area contributed by atoms with E-state index in [0.717, 1.165) is 31.5 Å². The first-order chi connectivity index (χ1) is 9.09. The van der Waals surface area contributed by atoms with Crippen molar-refractivity contribution in [2.24, 2.45) is 0 Å². The Bertz CT molecular complexity index is 453. The van der Waals surface area contributed by atoms with Crippen LogP contribution in [0.1, 0.15) is 32.3 Å². The van der Waals surface area contributed by atoms with E-state index in [1.165, 1.54) is 12.1 Å². The number of rotatable bonds is 6. The maximum Gasteiger partial charge on any atom is 0.234 e. The molecule has 0 bridgehead atoms. The molecule has 1 fully saturated rings. The highest BCUT2D eigenvalue weighted by Crippen LogP contribution is 2.45. The lowest BCUT2D eigenvalue weighted by Crippen LogP contribution is -2.42. The molecule has 0 aliphatic heterocycles. The number of benzene rings is 1. The standard InChI is InChI=1S/C15H21FN2O/c1-3-18(4-2)11-14(19)17-15(8-9-15)12-6-5-7-13(16)10-12/h5-7,10H,3-4,8-9,11H2,1-2H3,(H,17,19). The van der Waals surface area contributed by atoms with Gasteiger partial charge in [0.2, 0.25) is 5.91 Å². The number of hydrogen-bond donors (Lipinski definition) is 1. The molecule has 2 rings (SSSR count). The third kappa shape index (κ3) is 3.32. The van der Waals surface area contributed by atoms with Gasteiger partial charge in [-0.05, 0) is 43.6 Å². The van der Waals surface area contributed by atoms with Crippen LogP contribution in [0.2, 0.25) is 0 Å². The molecule has 0 spiro atoms. The predicted molar refractivity (Wildman–Crippen MR) is 73.2 cm³/mol. The van der Waals surface area contributed by atoms with Crippen LogP contribution >= 0.6 is 0 Å². The van der Waals surface area contributed by atoms with E-state index in [-0.39, 0.29) is 17.3 Å². The molecule has 3 nitrogen and oxygen atoms in total. The van der Waals surface area contributed by atoms with Gasteiger partial charge in [0.15, 0.2) is 0 Å². The Morgan fingerprint density at radius 3 is 2.58 bits per heavy atom. The van der Waals surface area contributed by atoms with Gasteiger partial charge in [0.05, 0.1) is 12.1 Å². The second-order valence-electron chi connectivity index (χ2n) is 5.10. The van der Waals surface area contributed by atoms with E-state index in [1.807, 2.05) is 19.9 Å². The third-order valence-corrected chi connectivity index (χ3v) is 3.77. The zero-order chi connectivity index (χ0) is 13.9. The smallest absolute Gasteiger partial charge is 0.234 e. The molecule has 0 atom stereocenters. The van der Waals surface area contributed by atoms with E-state index in [9.17, 15) is 9.18 Å². The summed E-state index contributed by atoms with van der Waals surface area (Å²) in [6.45, 7) is 6.20. The van der Waals surface area contributed by atoms with E-state index >= 15 is 0 Å². The average molecular weight is 264 g/mol. The van der Waals surface area contributed by atoms with Crippen molar-refractivity contribution in [2.45, 2.75) is 32.2 Å².